The van der Waals surface area contributed by atoms with Crippen LogP contribution in [-0.4, -0.2) is 19.5 Å². The molecule has 2 nitrogen and oxygen atoms in total. The highest BCUT2D eigenvalue weighted by Crippen LogP contribution is 2.46. The molecule has 0 radical (unpaired) electrons. The monoisotopic (exact) mass is 544 g/mol. The fourth-order valence-electron chi connectivity index (χ4n) is 4.74. The van der Waals surface area contributed by atoms with Gasteiger partial charge < -0.3 is 9.47 Å². The minimum atomic E-state index is -0.0364. The molecule has 0 saturated carbocycles. The third-order valence-electron chi connectivity index (χ3n) is 6.82. The summed E-state index contributed by atoms with van der Waals surface area (Å²) in [5, 5.41) is 0.839. The topological polar surface area (TPSA) is 18.5 Å². The van der Waals surface area contributed by atoms with Crippen LogP contribution in [0, 0.1) is 0 Å². The Morgan fingerprint density at radius 3 is 0.914 bits per heavy atom. The van der Waals surface area contributed by atoms with Crippen LogP contribution in [0.3, 0.4) is 0 Å². The first-order valence-corrected chi connectivity index (χ1v) is 13.9. The third-order valence-corrected chi connectivity index (χ3v) is 7.47. The van der Waals surface area contributed by atoms with E-state index >= 15 is 0 Å². The Morgan fingerprint density at radius 1 is 0.543 bits per heavy atom. The van der Waals surface area contributed by atoms with E-state index in [2.05, 4.69) is 123 Å². The molecular weight excluding hydrogens is 496 g/mol. The fraction of sp³-hybridized carbons (Fsp3) is 0.625. The maximum absolute atomic E-state index is 6.03. The van der Waals surface area contributed by atoms with Crippen molar-refractivity contribution in [3.8, 4) is 11.5 Å². The zero-order valence-corrected chi connectivity index (χ0v) is 26.4. The fourth-order valence-corrected chi connectivity index (χ4v) is 5.49. The molecule has 0 spiro atoms. The van der Waals surface area contributed by atoms with E-state index in [0.717, 1.165) is 16.8 Å². The van der Waals surface area contributed by atoms with E-state index in [1.807, 2.05) is 0 Å². The van der Waals surface area contributed by atoms with Crippen LogP contribution in [0.5, 0.6) is 11.5 Å². The van der Waals surface area contributed by atoms with Crippen LogP contribution in [-0.2, 0) is 21.7 Å². The average Bonchev–Trinajstić information content (AvgIpc) is 2.70. The molecule has 0 aliphatic rings. The van der Waals surface area contributed by atoms with Crippen molar-refractivity contribution in [1.29, 1.82) is 0 Å². The molecule has 3 heteroatoms. The summed E-state index contributed by atoms with van der Waals surface area (Å²) in [5.74, 6) is 2.24. The second-order valence-corrected chi connectivity index (χ2v) is 14.7. The second-order valence-electron chi connectivity index (χ2n) is 14.0. The van der Waals surface area contributed by atoms with Gasteiger partial charge in [-0.1, -0.05) is 123 Å². The van der Waals surface area contributed by atoms with Crippen LogP contribution in [0.25, 0.3) is 0 Å². The van der Waals surface area contributed by atoms with Gasteiger partial charge in [0.15, 0.2) is 0 Å². The maximum atomic E-state index is 6.03. The zero-order valence-electron chi connectivity index (χ0n) is 24.8. The summed E-state index contributed by atoms with van der Waals surface area (Å²) in [4.78, 5) is 0. The van der Waals surface area contributed by atoms with Gasteiger partial charge in [0.05, 0.1) is 14.2 Å². The highest BCUT2D eigenvalue weighted by atomic mass is 79.9. The van der Waals surface area contributed by atoms with Crippen LogP contribution in [0.1, 0.15) is 122 Å². The number of benzene rings is 2. The van der Waals surface area contributed by atoms with E-state index in [4.69, 9.17) is 9.47 Å². The van der Waals surface area contributed by atoms with Crippen molar-refractivity contribution in [3.63, 3.8) is 0 Å². The molecule has 2 aromatic carbocycles. The van der Waals surface area contributed by atoms with Gasteiger partial charge in [0, 0.05) is 33.5 Å². The summed E-state index contributed by atoms with van der Waals surface area (Å²) >= 11 is 3.90. The molecule has 0 aliphatic heterocycles. The summed E-state index contributed by atoms with van der Waals surface area (Å²) in [6.45, 7) is 27.3. The van der Waals surface area contributed by atoms with Crippen molar-refractivity contribution in [2.75, 3.05) is 19.5 Å². The van der Waals surface area contributed by atoms with Crippen LogP contribution >= 0.6 is 15.9 Å². The number of ether oxygens (including phenoxy) is 2. The van der Waals surface area contributed by atoms with Crippen LogP contribution < -0.4 is 9.47 Å². The normalized spacial score (nSPS) is 13.4. The molecule has 0 N–H and O–H groups in total. The number of methoxy groups -OCH3 is 2. The lowest BCUT2D eigenvalue weighted by atomic mass is 9.74. The molecule has 0 aliphatic carbocycles. The maximum Gasteiger partial charge on any atom is 0.126 e. The molecule has 0 atom stereocenters. The standard InChI is InChI=1S/C32H49BrO2/c1-29(2,3)23-15-20(16-24(27(23)34-13)30(4,5)6)22(19-33)21-17-25(31(7,8)9)28(35-14)26(18-21)32(10,11)12/h15-18,22H,19H2,1-14H3. The smallest absolute Gasteiger partial charge is 0.126 e. The minimum absolute atomic E-state index is 0.0364. The highest BCUT2D eigenvalue weighted by Gasteiger charge is 2.32. The first kappa shape index (κ1) is 29.7. The predicted molar refractivity (Wildman–Crippen MR) is 156 cm³/mol. The van der Waals surface area contributed by atoms with Crippen molar-refractivity contribution in [2.24, 2.45) is 0 Å². The molecule has 0 unspecified atom stereocenters. The SMILES string of the molecule is COc1c(C(C)(C)C)cc(C(CBr)c2cc(C(C)(C)C)c(OC)c(C(C)(C)C)c2)cc1C(C)(C)C. The van der Waals surface area contributed by atoms with Crippen LogP contribution in [0.4, 0.5) is 0 Å². The third kappa shape index (κ3) is 6.45. The number of hydrogen-bond acceptors (Lipinski definition) is 2. The summed E-state index contributed by atoms with van der Waals surface area (Å²) in [7, 11) is 3.60. The first-order valence-electron chi connectivity index (χ1n) is 12.8. The molecule has 35 heavy (non-hydrogen) atoms. The van der Waals surface area contributed by atoms with Gasteiger partial charge in [0.1, 0.15) is 11.5 Å². The zero-order chi connectivity index (χ0) is 27.1. The highest BCUT2D eigenvalue weighted by molar-refractivity contribution is 9.09. The van der Waals surface area contributed by atoms with Gasteiger partial charge in [-0.05, 0) is 32.8 Å². The molecule has 0 fully saturated rings. The van der Waals surface area contributed by atoms with Crippen LogP contribution in [0.15, 0.2) is 24.3 Å². The summed E-state index contributed by atoms with van der Waals surface area (Å²) in [6, 6.07) is 9.49. The summed E-state index contributed by atoms with van der Waals surface area (Å²) in [6.07, 6.45) is 0. The Morgan fingerprint density at radius 2 is 0.771 bits per heavy atom. The molecular formula is C32H49BrO2. The largest absolute Gasteiger partial charge is 0.496 e. The Balaban J connectivity index is 2.96. The van der Waals surface area contributed by atoms with Crippen molar-refractivity contribution < 1.29 is 9.47 Å². The Labute approximate surface area is 224 Å². The molecule has 0 amide bonds. The molecule has 2 aromatic rings. The van der Waals surface area contributed by atoms with Gasteiger partial charge in [-0.2, -0.15) is 0 Å². The molecule has 0 heterocycles. The Bertz CT molecular complexity index is 884. The van der Waals surface area contributed by atoms with E-state index in [1.165, 1.54) is 33.4 Å². The lowest BCUT2D eigenvalue weighted by Crippen LogP contribution is -2.22. The van der Waals surface area contributed by atoms with Crippen LogP contribution in [0.2, 0.25) is 0 Å². The van der Waals surface area contributed by atoms with E-state index in [-0.39, 0.29) is 27.6 Å². The molecule has 196 valence electrons. The van der Waals surface area contributed by atoms with Crippen molar-refractivity contribution in [3.05, 3.63) is 57.6 Å². The number of hydrogen-bond donors (Lipinski definition) is 0. The van der Waals surface area contributed by atoms with Crippen molar-refractivity contribution in [1.82, 2.24) is 0 Å². The second kappa shape index (κ2) is 10.1. The van der Waals surface area contributed by atoms with E-state index in [1.54, 1.807) is 14.2 Å². The lowest BCUT2D eigenvalue weighted by molar-refractivity contribution is 0.380. The lowest BCUT2D eigenvalue weighted by Gasteiger charge is -2.33. The number of alkyl halides is 1. The van der Waals surface area contributed by atoms with E-state index in [9.17, 15) is 0 Å². The van der Waals surface area contributed by atoms with Crippen molar-refractivity contribution >= 4 is 15.9 Å². The van der Waals surface area contributed by atoms with Gasteiger partial charge in [0.2, 0.25) is 0 Å². The summed E-state index contributed by atoms with van der Waals surface area (Å²) in [5.41, 5.74) is 7.53. The van der Waals surface area contributed by atoms with Gasteiger partial charge in [-0.3, -0.25) is 0 Å². The quantitative estimate of drug-likeness (QED) is 0.349. The summed E-state index contributed by atoms with van der Waals surface area (Å²) < 4.78 is 12.1. The first-order chi connectivity index (χ1) is 15.8. The van der Waals surface area contributed by atoms with E-state index < -0.39 is 0 Å². The Kier molecular flexibility index (Phi) is 8.60. The van der Waals surface area contributed by atoms with Gasteiger partial charge in [0.25, 0.3) is 0 Å². The van der Waals surface area contributed by atoms with E-state index in [0.29, 0.717) is 0 Å². The molecule has 0 saturated heterocycles. The minimum Gasteiger partial charge on any atom is -0.496 e. The molecule has 2 rings (SSSR count). The number of halogens is 1. The predicted octanol–water partition coefficient (Wildman–Crippen LogP) is 9.42. The van der Waals surface area contributed by atoms with Gasteiger partial charge >= 0.3 is 0 Å². The van der Waals surface area contributed by atoms with Crippen molar-refractivity contribution in [2.45, 2.75) is 111 Å². The Hall–Kier alpha value is -1.48. The number of rotatable bonds is 5. The van der Waals surface area contributed by atoms with Gasteiger partial charge in [-0.25, -0.2) is 0 Å². The molecule has 0 aromatic heterocycles. The average molecular weight is 546 g/mol. The molecule has 0 bridgehead atoms. The van der Waals surface area contributed by atoms with Gasteiger partial charge in [-0.15, -0.1) is 0 Å².